The van der Waals surface area contributed by atoms with E-state index in [9.17, 15) is 0 Å². The van der Waals surface area contributed by atoms with E-state index in [-0.39, 0.29) is 0 Å². The lowest BCUT2D eigenvalue weighted by Gasteiger charge is -2.23. The van der Waals surface area contributed by atoms with E-state index in [1.165, 1.54) is 28.8 Å². The molecule has 0 fully saturated rings. The van der Waals surface area contributed by atoms with Crippen molar-refractivity contribution in [1.29, 1.82) is 0 Å². The van der Waals surface area contributed by atoms with Gasteiger partial charge in [0.15, 0.2) is 0 Å². The van der Waals surface area contributed by atoms with E-state index in [1.54, 1.807) is 0 Å². The Kier molecular flexibility index (Phi) is 5.27. The van der Waals surface area contributed by atoms with E-state index in [2.05, 4.69) is 84.6 Å². The van der Waals surface area contributed by atoms with Gasteiger partial charge in [0.05, 0.1) is 0 Å². The summed E-state index contributed by atoms with van der Waals surface area (Å²) in [7, 11) is 4.37. The molecule has 0 spiro atoms. The van der Waals surface area contributed by atoms with Crippen LogP contribution in [0.15, 0.2) is 60.7 Å². The van der Waals surface area contributed by atoms with Crippen LogP contribution >= 0.6 is 0 Å². The summed E-state index contributed by atoms with van der Waals surface area (Å²) < 4.78 is 0. The lowest BCUT2D eigenvalue weighted by molar-refractivity contribution is 0.319. The highest BCUT2D eigenvalue weighted by Crippen LogP contribution is 2.21. The van der Waals surface area contributed by atoms with Crippen LogP contribution in [-0.2, 0) is 13.1 Å². The SMILES string of the molecule is CN1CCC=C(c2ccc(CN(C)Cc3ccccc3)cc2)C1. The van der Waals surface area contributed by atoms with Gasteiger partial charge in [0.2, 0.25) is 0 Å². The molecular weight excluding hydrogens is 280 g/mol. The maximum absolute atomic E-state index is 2.39. The molecule has 0 bridgehead atoms. The van der Waals surface area contributed by atoms with Crippen LogP contribution in [-0.4, -0.2) is 37.0 Å². The third-order valence-electron chi connectivity index (χ3n) is 4.41. The standard InChI is InChI=1S/C21H26N2/c1-22-14-6-9-21(17-22)20-12-10-19(11-13-20)16-23(2)15-18-7-4-3-5-8-18/h3-5,7-13H,6,14-17H2,1-2H3. The molecule has 120 valence electrons. The van der Waals surface area contributed by atoms with Gasteiger partial charge in [0.1, 0.15) is 0 Å². The Bertz CT molecular complexity index is 643. The predicted molar refractivity (Wildman–Crippen MR) is 98.1 cm³/mol. The smallest absolute Gasteiger partial charge is 0.0234 e. The molecule has 3 rings (SSSR count). The fourth-order valence-electron chi connectivity index (χ4n) is 3.19. The second-order valence-corrected chi connectivity index (χ2v) is 6.61. The van der Waals surface area contributed by atoms with E-state index in [4.69, 9.17) is 0 Å². The second kappa shape index (κ2) is 7.58. The third kappa shape index (κ3) is 4.54. The van der Waals surface area contributed by atoms with Crippen molar-refractivity contribution in [2.45, 2.75) is 19.5 Å². The minimum Gasteiger partial charge on any atom is -0.302 e. The van der Waals surface area contributed by atoms with Crippen molar-refractivity contribution in [2.24, 2.45) is 0 Å². The largest absolute Gasteiger partial charge is 0.302 e. The molecule has 0 unspecified atom stereocenters. The van der Waals surface area contributed by atoms with Crippen LogP contribution in [0, 0.1) is 0 Å². The van der Waals surface area contributed by atoms with Gasteiger partial charge in [-0.05, 0) is 42.8 Å². The molecule has 23 heavy (non-hydrogen) atoms. The molecule has 0 aromatic heterocycles. The van der Waals surface area contributed by atoms with Crippen LogP contribution in [0.5, 0.6) is 0 Å². The molecule has 2 heteroatoms. The molecule has 1 aliphatic rings. The van der Waals surface area contributed by atoms with Crippen molar-refractivity contribution >= 4 is 5.57 Å². The average molecular weight is 306 g/mol. The molecule has 0 N–H and O–H groups in total. The molecule has 0 atom stereocenters. The van der Waals surface area contributed by atoms with Crippen LogP contribution < -0.4 is 0 Å². The first-order chi connectivity index (χ1) is 11.2. The van der Waals surface area contributed by atoms with Gasteiger partial charge in [-0.1, -0.05) is 60.7 Å². The van der Waals surface area contributed by atoms with Crippen molar-refractivity contribution in [3.8, 4) is 0 Å². The monoisotopic (exact) mass is 306 g/mol. The van der Waals surface area contributed by atoms with Gasteiger partial charge < -0.3 is 4.90 Å². The van der Waals surface area contributed by atoms with E-state index < -0.39 is 0 Å². The highest BCUT2D eigenvalue weighted by molar-refractivity contribution is 5.67. The minimum absolute atomic E-state index is 0.980. The zero-order chi connectivity index (χ0) is 16.1. The summed E-state index contributed by atoms with van der Waals surface area (Å²) in [6.07, 6.45) is 3.55. The number of hydrogen-bond acceptors (Lipinski definition) is 2. The summed E-state index contributed by atoms with van der Waals surface area (Å²) >= 11 is 0. The van der Waals surface area contributed by atoms with Crippen LogP contribution in [0.3, 0.4) is 0 Å². The second-order valence-electron chi connectivity index (χ2n) is 6.61. The molecule has 0 radical (unpaired) electrons. The Hall–Kier alpha value is -1.90. The maximum atomic E-state index is 2.39. The number of likely N-dealkylation sites (N-methyl/N-ethyl adjacent to an activating group) is 1. The fourth-order valence-corrected chi connectivity index (χ4v) is 3.19. The molecule has 1 aliphatic heterocycles. The van der Waals surface area contributed by atoms with Gasteiger partial charge in [-0.15, -0.1) is 0 Å². The quantitative estimate of drug-likeness (QED) is 0.822. The average Bonchev–Trinajstić information content (AvgIpc) is 2.56. The van der Waals surface area contributed by atoms with Crippen molar-refractivity contribution in [2.75, 3.05) is 27.2 Å². The van der Waals surface area contributed by atoms with Gasteiger partial charge >= 0.3 is 0 Å². The lowest BCUT2D eigenvalue weighted by Crippen LogP contribution is -2.24. The van der Waals surface area contributed by atoms with Gasteiger partial charge in [-0.25, -0.2) is 0 Å². The van der Waals surface area contributed by atoms with E-state index >= 15 is 0 Å². The van der Waals surface area contributed by atoms with Gasteiger partial charge in [-0.2, -0.15) is 0 Å². The lowest BCUT2D eigenvalue weighted by atomic mass is 10.00. The van der Waals surface area contributed by atoms with Crippen molar-refractivity contribution in [3.63, 3.8) is 0 Å². The highest BCUT2D eigenvalue weighted by Gasteiger charge is 2.10. The van der Waals surface area contributed by atoms with Crippen LogP contribution in [0.4, 0.5) is 0 Å². The zero-order valence-corrected chi connectivity index (χ0v) is 14.2. The third-order valence-corrected chi connectivity index (χ3v) is 4.41. The Morgan fingerprint density at radius 1 is 0.913 bits per heavy atom. The summed E-state index contributed by atoms with van der Waals surface area (Å²) in [5, 5.41) is 0. The first-order valence-corrected chi connectivity index (χ1v) is 8.40. The van der Waals surface area contributed by atoms with E-state index in [0.717, 1.165) is 26.1 Å². The minimum atomic E-state index is 0.980. The molecule has 2 aromatic carbocycles. The van der Waals surface area contributed by atoms with Gasteiger partial charge in [0, 0.05) is 26.2 Å². The number of hydrogen-bond donors (Lipinski definition) is 0. The molecule has 1 heterocycles. The molecule has 0 aliphatic carbocycles. The first-order valence-electron chi connectivity index (χ1n) is 8.40. The number of benzene rings is 2. The van der Waals surface area contributed by atoms with Crippen LogP contribution in [0.2, 0.25) is 0 Å². The molecule has 2 aromatic rings. The highest BCUT2D eigenvalue weighted by atomic mass is 15.1. The van der Waals surface area contributed by atoms with Crippen LogP contribution in [0.1, 0.15) is 23.1 Å². The Labute approximate surface area is 140 Å². The predicted octanol–water partition coefficient (Wildman–Crippen LogP) is 4.04. The Morgan fingerprint density at radius 2 is 1.57 bits per heavy atom. The Morgan fingerprint density at radius 3 is 2.22 bits per heavy atom. The van der Waals surface area contributed by atoms with Crippen molar-refractivity contribution in [1.82, 2.24) is 9.80 Å². The van der Waals surface area contributed by atoms with Gasteiger partial charge in [-0.3, -0.25) is 4.90 Å². The number of nitrogens with zero attached hydrogens (tertiary/aromatic N) is 2. The summed E-state index contributed by atoms with van der Waals surface area (Å²) in [5.41, 5.74) is 5.56. The van der Waals surface area contributed by atoms with Crippen molar-refractivity contribution in [3.05, 3.63) is 77.4 Å². The molecule has 0 saturated heterocycles. The normalized spacial score (nSPS) is 15.7. The van der Waals surface area contributed by atoms with Gasteiger partial charge in [0.25, 0.3) is 0 Å². The topological polar surface area (TPSA) is 6.48 Å². The first kappa shape index (κ1) is 16.0. The summed E-state index contributed by atoms with van der Waals surface area (Å²) in [5.74, 6) is 0. The molecule has 0 amide bonds. The Balaban J connectivity index is 1.60. The van der Waals surface area contributed by atoms with E-state index in [0.29, 0.717) is 0 Å². The summed E-state index contributed by atoms with van der Waals surface area (Å²) in [6, 6.07) is 19.7. The van der Waals surface area contributed by atoms with E-state index in [1.807, 2.05) is 0 Å². The molecular formula is C21H26N2. The van der Waals surface area contributed by atoms with Crippen molar-refractivity contribution < 1.29 is 0 Å². The summed E-state index contributed by atoms with van der Waals surface area (Å²) in [6.45, 7) is 4.20. The fraction of sp³-hybridized carbons (Fsp3) is 0.333. The zero-order valence-electron chi connectivity index (χ0n) is 14.2. The molecule has 2 nitrogen and oxygen atoms in total. The van der Waals surface area contributed by atoms with Crippen LogP contribution in [0.25, 0.3) is 5.57 Å². The maximum Gasteiger partial charge on any atom is 0.0234 e. The summed E-state index contributed by atoms with van der Waals surface area (Å²) in [4.78, 5) is 4.74. The molecule has 0 saturated carbocycles. The number of rotatable bonds is 5.